The number of epoxide rings is 1. The molecule has 0 amide bonds. The highest BCUT2D eigenvalue weighted by Gasteiger charge is 2.65. The Morgan fingerprint density at radius 3 is 2.33 bits per heavy atom. The number of carbonyl (C=O) groups is 1. The van der Waals surface area contributed by atoms with E-state index in [2.05, 4.69) is 0 Å². The van der Waals surface area contributed by atoms with Crippen LogP contribution in [0.5, 0.6) is 0 Å². The molecule has 2 unspecified atom stereocenters. The van der Waals surface area contributed by atoms with Crippen molar-refractivity contribution in [1.29, 1.82) is 0 Å². The van der Waals surface area contributed by atoms with Crippen LogP contribution in [-0.2, 0) is 19.9 Å². The summed E-state index contributed by atoms with van der Waals surface area (Å²) in [7, 11) is 0. The molecule has 2 aromatic carbocycles. The Kier molecular flexibility index (Phi) is 3.76. The number of hydrogen-bond donors (Lipinski definition) is 0. The zero-order chi connectivity index (χ0) is 14.7. The molecule has 0 N–H and O–H groups in total. The molecule has 1 aliphatic heterocycles. The third kappa shape index (κ3) is 2.45. The van der Waals surface area contributed by atoms with Crippen molar-refractivity contribution in [3.05, 3.63) is 71.8 Å². The van der Waals surface area contributed by atoms with Gasteiger partial charge in [-0.3, -0.25) is 0 Å². The molecule has 108 valence electrons. The highest BCUT2D eigenvalue weighted by atomic mass is 16.7. The predicted molar refractivity (Wildman–Crippen MR) is 79.6 cm³/mol. The van der Waals surface area contributed by atoms with Gasteiger partial charge in [0.15, 0.2) is 0 Å². The maximum atomic E-state index is 12.5. The van der Waals surface area contributed by atoms with Gasteiger partial charge in [0.25, 0.3) is 0 Å². The Balaban J connectivity index is 1.93. The van der Waals surface area contributed by atoms with E-state index in [0.717, 1.165) is 17.5 Å². The second-order valence-corrected chi connectivity index (χ2v) is 5.15. The molecule has 1 fully saturated rings. The van der Waals surface area contributed by atoms with Gasteiger partial charge in [-0.05, 0) is 17.5 Å². The fraction of sp³-hybridized carbons (Fsp3) is 0.278. The van der Waals surface area contributed by atoms with Gasteiger partial charge in [-0.25, -0.2) is 4.79 Å². The van der Waals surface area contributed by atoms with Gasteiger partial charge >= 0.3 is 5.97 Å². The average molecular weight is 282 g/mol. The summed E-state index contributed by atoms with van der Waals surface area (Å²) in [6, 6.07) is 19.4. The SMILES string of the molecule is CCCOC(=O)C1(c2ccccc2)OC1c1ccccc1. The third-order valence-electron chi connectivity index (χ3n) is 3.66. The number of carbonyl (C=O) groups excluding carboxylic acids is 1. The van der Waals surface area contributed by atoms with Crippen LogP contribution >= 0.6 is 0 Å². The molecule has 1 aliphatic rings. The fourth-order valence-corrected chi connectivity index (χ4v) is 2.56. The lowest BCUT2D eigenvalue weighted by Gasteiger charge is -2.13. The second-order valence-electron chi connectivity index (χ2n) is 5.15. The van der Waals surface area contributed by atoms with Gasteiger partial charge in [0.05, 0.1) is 6.61 Å². The van der Waals surface area contributed by atoms with E-state index >= 15 is 0 Å². The van der Waals surface area contributed by atoms with Crippen molar-refractivity contribution < 1.29 is 14.3 Å². The fourth-order valence-electron chi connectivity index (χ4n) is 2.56. The lowest BCUT2D eigenvalue weighted by Crippen LogP contribution is -2.26. The first-order valence-electron chi connectivity index (χ1n) is 7.24. The minimum absolute atomic E-state index is 0.273. The maximum Gasteiger partial charge on any atom is 0.346 e. The van der Waals surface area contributed by atoms with Crippen molar-refractivity contribution in [2.24, 2.45) is 0 Å². The smallest absolute Gasteiger partial charge is 0.346 e. The van der Waals surface area contributed by atoms with E-state index in [0.29, 0.717) is 6.61 Å². The van der Waals surface area contributed by atoms with Gasteiger partial charge in [0, 0.05) is 0 Å². The Morgan fingerprint density at radius 1 is 1.10 bits per heavy atom. The Labute approximate surface area is 124 Å². The molecule has 3 nitrogen and oxygen atoms in total. The number of benzene rings is 2. The van der Waals surface area contributed by atoms with Gasteiger partial charge in [-0.15, -0.1) is 0 Å². The summed E-state index contributed by atoms with van der Waals surface area (Å²) >= 11 is 0. The predicted octanol–water partition coefficient (Wildman–Crippen LogP) is 3.61. The van der Waals surface area contributed by atoms with E-state index in [1.54, 1.807) is 0 Å². The van der Waals surface area contributed by atoms with Crippen LogP contribution in [0.2, 0.25) is 0 Å². The van der Waals surface area contributed by atoms with E-state index < -0.39 is 5.60 Å². The molecule has 21 heavy (non-hydrogen) atoms. The van der Waals surface area contributed by atoms with Gasteiger partial charge in [0.2, 0.25) is 5.60 Å². The Bertz CT molecular complexity index is 609. The summed E-state index contributed by atoms with van der Waals surface area (Å²) in [4.78, 5) is 12.5. The Hall–Kier alpha value is -2.13. The first-order valence-corrected chi connectivity index (χ1v) is 7.24. The summed E-state index contributed by atoms with van der Waals surface area (Å²) in [5, 5.41) is 0. The van der Waals surface area contributed by atoms with Crippen LogP contribution in [0, 0.1) is 0 Å². The second kappa shape index (κ2) is 5.70. The molecule has 3 rings (SSSR count). The monoisotopic (exact) mass is 282 g/mol. The molecule has 2 atom stereocenters. The highest BCUT2D eigenvalue weighted by molar-refractivity contribution is 5.85. The number of hydrogen-bond acceptors (Lipinski definition) is 3. The lowest BCUT2D eigenvalue weighted by atomic mass is 9.92. The maximum absolute atomic E-state index is 12.5. The van der Waals surface area contributed by atoms with Gasteiger partial charge < -0.3 is 9.47 Å². The minimum Gasteiger partial charge on any atom is -0.463 e. The minimum atomic E-state index is -0.988. The van der Waals surface area contributed by atoms with Crippen LogP contribution in [0.15, 0.2) is 60.7 Å². The number of rotatable bonds is 5. The van der Waals surface area contributed by atoms with Crippen LogP contribution < -0.4 is 0 Å². The highest BCUT2D eigenvalue weighted by Crippen LogP contribution is 2.57. The van der Waals surface area contributed by atoms with E-state index in [-0.39, 0.29) is 12.1 Å². The van der Waals surface area contributed by atoms with Crippen molar-refractivity contribution in [3.8, 4) is 0 Å². The topological polar surface area (TPSA) is 38.8 Å². The van der Waals surface area contributed by atoms with Crippen LogP contribution in [0.25, 0.3) is 0 Å². The zero-order valence-corrected chi connectivity index (χ0v) is 12.0. The van der Waals surface area contributed by atoms with Crippen molar-refractivity contribution in [3.63, 3.8) is 0 Å². The zero-order valence-electron chi connectivity index (χ0n) is 12.0. The molecule has 0 bridgehead atoms. The summed E-state index contributed by atoms with van der Waals surface area (Å²) in [6.07, 6.45) is 0.526. The van der Waals surface area contributed by atoms with E-state index in [9.17, 15) is 4.79 Å². The average Bonchev–Trinajstić information content (AvgIpc) is 3.31. The molecule has 0 radical (unpaired) electrons. The van der Waals surface area contributed by atoms with E-state index in [1.807, 2.05) is 67.6 Å². The molecule has 1 heterocycles. The first-order chi connectivity index (χ1) is 10.3. The van der Waals surface area contributed by atoms with Gasteiger partial charge in [-0.2, -0.15) is 0 Å². The molecule has 0 spiro atoms. The Morgan fingerprint density at radius 2 is 1.71 bits per heavy atom. The molecular weight excluding hydrogens is 264 g/mol. The number of ether oxygens (including phenoxy) is 2. The van der Waals surface area contributed by atoms with E-state index in [1.165, 1.54) is 0 Å². The lowest BCUT2D eigenvalue weighted by molar-refractivity contribution is -0.150. The molecular formula is C18H18O3. The van der Waals surface area contributed by atoms with E-state index in [4.69, 9.17) is 9.47 Å². The molecule has 0 aromatic heterocycles. The van der Waals surface area contributed by atoms with Crippen molar-refractivity contribution in [2.75, 3.05) is 6.61 Å². The van der Waals surface area contributed by atoms with Crippen LogP contribution in [0.4, 0.5) is 0 Å². The van der Waals surface area contributed by atoms with Crippen molar-refractivity contribution >= 4 is 5.97 Å². The van der Waals surface area contributed by atoms with Crippen molar-refractivity contribution in [2.45, 2.75) is 25.0 Å². The summed E-state index contributed by atoms with van der Waals surface area (Å²) < 4.78 is 11.2. The molecule has 3 heteroatoms. The molecule has 0 saturated carbocycles. The summed E-state index contributed by atoms with van der Waals surface area (Å²) in [5.74, 6) is -0.301. The third-order valence-corrected chi connectivity index (χ3v) is 3.66. The van der Waals surface area contributed by atoms with Crippen LogP contribution in [0.3, 0.4) is 0 Å². The quantitative estimate of drug-likeness (QED) is 0.621. The van der Waals surface area contributed by atoms with Gasteiger partial charge in [-0.1, -0.05) is 67.6 Å². The van der Waals surface area contributed by atoms with Crippen molar-refractivity contribution in [1.82, 2.24) is 0 Å². The standard InChI is InChI=1S/C18H18O3/c1-2-13-20-17(19)18(15-11-7-4-8-12-15)16(21-18)14-9-5-3-6-10-14/h3-12,16H,2,13H2,1H3. The molecule has 0 aliphatic carbocycles. The summed E-state index contributed by atoms with van der Waals surface area (Å²) in [5.41, 5.74) is 0.854. The largest absolute Gasteiger partial charge is 0.463 e. The molecule has 1 saturated heterocycles. The first kappa shape index (κ1) is 13.8. The normalized spacial score (nSPS) is 23.6. The van der Waals surface area contributed by atoms with Crippen LogP contribution in [-0.4, -0.2) is 12.6 Å². The number of esters is 1. The van der Waals surface area contributed by atoms with Gasteiger partial charge in [0.1, 0.15) is 6.10 Å². The molecule has 2 aromatic rings. The summed E-state index contributed by atoms with van der Waals surface area (Å²) in [6.45, 7) is 2.39. The van der Waals surface area contributed by atoms with Crippen LogP contribution in [0.1, 0.15) is 30.6 Å².